The molecule has 0 aliphatic heterocycles. The van der Waals surface area contributed by atoms with Crippen molar-refractivity contribution in [2.45, 2.75) is 27.3 Å². The number of hydrogen-bond acceptors (Lipinski definition) is 4. The average Bonchev–Trinajstić information content (AvgIpc) is 3.12. The van der Waals surface area contributed by atoms with E-state index in [0.717, 1.165) is 43.7 Å². The quantitative estimate of drug-likeness (QED) is 0.285. The van der Waals surface area contributed by atoms with Crippen LogP contribution in [0.25, 0.3) is 22.2 Å². The number of hydrogen-bond donors (Lipinski definition) is 1. The van der Waals surface area contributed by atoms with Crippen LogP contribution in [-0.4, -0.2) is 25.7 Å². The normalized spacial score (nSPS) is 11.1. The number of fused-ring (bicyclic) bond motifs is 1. The molecule has 1 N–H and O–H groups in total. The van der Waals surface area contributed by atoms with E-state index in [2.05, 4.69) is 45.3 Å². The van der Waals surface area contributed by atoms with Crippen LogP contribution in [0.15, 0.2) is 77.5 Å². The number of amides is 1. The number of nitrogens with one attached hydrogen (secondary N) is 1. The summed E-state index contributed by atoms with van der Waals surface area (Å²) in [5.41, 5.74) is 7.74. The van der Waals surface area contributed by atoms with E-state index in [1.54, 1.807) is 12.4 Å². The molecule has 2 aromatic carbocycles. The Hall–Kier alpha value is -3.84. The molecule has 0 spiro atoms. The maximum atomic E-state index is 13.6. The van der Waals surface area contributed by atoms with Crippen molar-refractivity contribution in [1.82, 2.24) is 19.7 Å². The highest BCUT2D eigenvalue weighted by Crippen LogP contribution is 2.29. The van der Waals surface area contributed by atoms with Crippen LogP contribution in [0.5, 0.6) is 0 Å². The predicted octanol–water partition coefficient (Wildman–Crippen LogP) is 6.48. The summed E-state index contributed by atoms with van der Waals surface area (Å²) in [6.07, 6.45) is 3.44. The fraction of sp³-hybridized carbons (Fsp3) is 0.143. The van der Waals surface area contributed by atoms with Gasteiger partial charge in [0, 0.05) is 27.8 Å². The molecule has 0 saturated heterocycles. The lowest BCUT2D eigenvalue weighted by atomic mass is 10.0. The first-order valence-electron chi connectivity index (χ1n) is 11.3. The predicted molar refractivity (Wildman–Crippen MR) is 143 cm³/mol. The van der Waals surface area contributed by atoms with Gasteiger partial charge in [0.05, 0.1) is 40.4 Å². The van der Waals surface area contributed by atoms with E-state index in [1.165, 1.54) is 11.1 Å². The molecule has 0 bridgehead atoms. The summed E-state index contributed by atoms with van der Waals surface area (Å²) in [4.78, 5) is 22.5. The Morgan fingerprint density at radius 3 is 2.54 bits per heavy atom. The molecule has 3 heterocycles. The van der Waals surface area contributed by atoms with Crippen molar-refractivity contribution in [2.24, 2.45) is 0 Å². The summed E-state index contributed by atoms with van der Waals surface area (Å²) in [7, 11) is 0. The molecule has 0 atom stereocenters. The average molecular weight is 526 g/mol. The summed E-state index contributed by atoms with van der Waals surface area (Å²) >= 11 is 3.53. The molecule has 35 heavy (non-hydrogen) atoms. The molecule has 0 aliphatic rings. The van der Waals surface area contributed by atoms with Gasteiger partial charge in [-0.3, -0.25) is 14.5 Å². The molecular formula is C28H24BrN5O. The lowest BCUT2D eigenvalue weighted by Crippen LogP contribution is -2.14. The third kappa shape index (κ3) is 4.59. The minimum Gasteiger partial charge on any atom is -0.319 e. The molecule has 174 valence electrons. The SMILES string of the molecule is Cc1ccccc1Cn1nc(C)c(NC(=O)c2cc(-c3ccncc3)nc3ccc(Br)cc23)c1C. The monoisotopic (exact) mass is 525 g/mol. The van der Waals surface area contributed by atoms with Crippen LogP contribution in [0.3, 0.4) is 0 Å². The molecule has 6 nitrogen and oxygen atoms in total. The minimum absolute atomic E-state index is 0.201. The van der Waals surface area contributed by atoms with Gasteiger partial charge in [0.25, 0.3) is 5.91 Å². The highest BCUT2D eigenvalue weighted by Gasteiger charge is 2.19. The zero-order chi connectivity index (χ0) is 24.5. The summed E-state index contributed by atoms with van der Waals surface area (Å²) in [6.45, 7) is 6.64. The number of aryl methyl sites for hydroxylation is 2. The summed E-state index contributed by atoms with van der Waals surface area (Å²) in [5, 5.41) is 8.61. The Morgan fingerprint density at radius 1 is 1.00 bits per heavy atom. The van der Waals surface area contributed by atoms with Crippen molar-refractivity contribution >= 4 is 38.4 Å². The Labute approximate surface area is 212 Å². The van der Waals surface area contributed by atoms with Gasteiger partial charge in [-0.1, -0.05) is 40.2 Å². The zero-order valence-electron chi connectivity index (χ0n) is 19.7. The van der Waals surface area contributed by atoms with Crippen molar-refractivity contribution in [3.63, 3.8) is 0 Å². The van der Waals surface area contributed by atoms with Crippen LogP contribution in [0.2, 0.25) is 0 Å². The standard InChI is InChI=1S/C28H24BrN5O/c1-17-6-4-5-7-21(17)16-34-19(3)27(18(2)33-34)32-28(35)24-15-26(20-10-12-30-13-11-20)31-25-9-8-22(29)14-23(24)25/h4-15H,16H2,1-3H3,(H,32,35). The van der Waals surface area contributed by atoms with Crippen LogP contribution in [-0.2, 0) is 6.54 Å². The number of carbonyl (C=O) groups is 1. The van der Waals surface area contributed by atoms with Crippen molar-refractivity contribution < 1.29 is 4.79 Å². The summed E-state index contributed by atoms with van der Waals surface area (Å²) in [6, 6.07) is 19.6. The lowest BCUT2D eigenvalue weighted by molar-refractivity contribution is 0.102. The molecule has 5 rings (SSSR count). The first kappa shape index (κ1) is 22.9. The second kappa shape index (κ2) is 9.43. The fourth-order valence-electron chi connectivity index (χ4n) is 4.22. The molecular weight excluding hydrogens is 502 g/mol. The molecule has 1 amide bonds. The largest absolute Gasteiger partial charge is 0.319 e. The number of carbonyl (C=O) groups excluding carboxylic acids is 1. The summed E-state index contributed by atoms with van der Waals surface area (Å²) in [5.74, 6) is -0.201. The first-order chi connectivity index (χ1) is 16.9. The molecule has 0 saturated carbocycles. The van der Waals surface area contributed by atoms with Crippen LogP contribution in [0, 0.1) is 20.8 Å². The van der Waals surface area contributed by atoms with E-state index in [9.17, 15) is 4.79 Å². The second-order valence-corrected chi connectivity index (χ2v) is 9.45. The highest BCUT2D eigenvalue weighted by atomic mass is 79.9. The first-order valence-corrected chi connectivity index (χ1v) is 12.1. The Kier molecular flexibility index (Phi) is 6.17. The van der Waals surface area contributed by atoms with E-state index < -0.39 is 0 Å². The number of anilines is 1. The van der Waals surface area contributed by atoms with Gasteiger partial charge in [-0.2, -0.15) is 5.10 Å². The van der Waals surface area contributed by atoms with Crippen LogP contribution >= 0.6 is 15.9 Å². The number of halogens is 1. The Balaban J connectivity index is 1.53. The van der Waals surface area contributed by atoms with E-state index in [0.29, 0.717) is 12.1 Å². The molecule has 0 aliphatic carbocycles. The van der Waals surface area contributed by atoms with Gasteiger partial charge in [-0.25, -0.2) is 4.98 Å². The topological polar surface area (TPSA) is 72.7 Å². The highest BCUT2D eigenvalue weighted by molar-refractivity contribution is 9.10. The number of benzene rings is 2. The summed E-state index contributed by atoms with van der Waals surface area (Å²) < 4.78 is 2.83. The molecule has 7 heteroatoms. The smallest absolute Gasteiger partial charge is 0.256 e. The van der Waals surface area contributed by atoms with Crippen molar-refractivity contribution in [1.29, 1.82) is 0 Å². The van der Waals surface area contributed by atoms with Gasteiger partial charge in [0.2, 0.25) is 0 Å². The van der Waals surface area contributed by atoms with Crippen LogP contribution in [0.4, 0.5) is 5.69 Å². The van der Waals surface area contributed by atoms with Crippen molar-refractivity contribution in [3.05, 3.63) is 106 Å². The fourth-order valence-corrected chi connectivity index (χ4v) is 4.58. The van der Waals surface area contributed by atoms with Gasteiger partial charge in [-0.15, -0.1) is 0 Å². The van der Waals surface area contributed by atoms with Crippen LogP contribution in [0.1, 0.15) is 32.9 Å². The van der Waals surface area contributed by atoms with Gasteiger partial charge < -0.3 is 5.32 Å². The third-order valence-corrected chi connectivity index (χ3v) is 6.69. The molecule has 3 aromatic heterocycles. The number of rotatable bonds is 5. The number of nitrogens with zero attached hydrogens (tertiary/aromatic N) is 4. The van der Waals surface area contributed by atoms with E-state index >= 15 is 0 Å². The second-order valence-electron chi connectivity index (χ2n) is 8.54. The third-order valence-electron chi connectivity index (χ3n) is 6.19. The van der Waals surface area contributed by atoms with Gasteiger partial charge >= 0.3 is 0 Å². The van der Waals surface area contributed by atoms with E-state index in [1.807, 2.05) is 67.1 Å². The molecule has 0 unspecified atom stereocenters. The minimum atomic E-state index is -0.201. The van der Waals surface area contributed by atoms with Gasteiger partial charge in [0.1, 0.15) is 0 Å². The van der Waals surface area contributed by atoms with Crippen LogP contribution < -0.4 is 5.32 Å². The number of aromatic nitrogens is 4. The van der Waals surface area contributed by atoms with E-state index in [-0.39, 0.29) is 5.91 Å². The molecule has 0 fully saturated rings. The molecule has 0 radical (unpaired) electrons. The Bertz CT molecular complexity index is 1560. The Morgan fingerprint density at radius 2 is 1.77 bits per heavy atom. The van der Waals surface area contributed by atoms with Crippen molar-refractivity contribution in [3.8, 4) is 11.3 Å². The number of pyridine rings is 2. The maximum absolute atomic E-state index is 13.6. The van der Waals surface area contributed by atoms with Crippen molar-refractivity contribution in [2.75, 3.05) is 5.32 Å². The van der Waals surface area contributed by atoms with E-state index in [4.69, 9.17) is 10.1 Å². The lowest BCUT2D eigenvalue weighted by Gasteiger charge is -2.12. The van der Waals surface area contributed by atoms with Gasteiger partial charge in [-0.05, 0) is 68.3 Å². The molecule has 5 aromatic rings. The maximum Gasteiger partial charge on any atom is 0.256 e. The van der Waals surface area contributed by atoms with Gasteiger partial charge in [0.15, 0.2) is 0 Å². The zero-order valence-corrected chi connectivity index (χ0v) is 21.3.